The van der Waals surface area contributed by atoms with Gasteiger partial charge in [-0.15, -0.1) is 6.58 Å². The van der Waals surface area contributed by atoms with Gasteiger partial charge >= 0.3 is 0 Å². The van der Waals surface area contributed by atoms with Crippen molar-refractivity contribution in [3.63, 3.8) is 0 Å². The number of rotatable bonds is 4. The van der Waals surface area contributed by atoms with Crippen LogP contribution in [0.4, 0.5) is 5.69 Å². The van der Waals surface area contributed by atoms with Crippen LogP contribution in [-0.4, -0.2) is 46.7 Å². The number of carbonyl (C=O) groups excluding carboxylic acids is 3. The molecule has 4 atom stereocenters. The highest BCUT2D eigenvalue weighted by Crippen LogP contribution is 2.61. The lowest BCUT2D eigenvalue weighted by molar-refractivity contribution is -0.146. The number of likely N-dealkylation sites (tertiary alicyclic amines) is 1. The predicted molar refractivity (Wildman–Crippen MR) is 119 cm³/mol. The van der Waals surface area contributed by atoms with Crippen LogP contribution in [0, 0.1) is 11.8 Å². The number of carbonyl (C=O) groups is 3. The van der Waals surface area contributed by atoms with E-state index in [2.05, 4.69) is 11.5 Å². The number of imide groups is 1. The lowest BCUT2D eigenvalue weighted by atomic mass is 9.75. The molecular formula is C26H25N3O3. The largest absolute Gasteiger partial charge is 0.306 e. The van der Waals surface area contributed by atoms with Crippen molar-refractivity contribution in [2.24, 2.45) is 11.8 Å². The standard InChI is InChI=1S/C26H25N3O3/c1-2-14-27-19-12-7-6-11-18(19)26(25(27)32)22-21(20-13-8-15-29(20)26)23(30)28(24(22)31)16-17-9-4-3-5-10-17/h2-7,9-12,20-22H,1,8,13-16H2/t20-,21+,22+,26+/m1/s1. The Bertz CT molecular complexity index is 1150. The van der Waals surface area contributed by atoms with Crippen molar-refractivity contribution in [2.75, 3.05) is 18.0 Å². The molecule has 3 fully saturated rings. The third-order valence-corrected chi connectivity index (χ3v) is 7.73. The summed E-state index contributed by atoms with van der Waals surface area (Å²) < 4.78 is 0. The van der Waals surface area contributed by atoms with Crippen LogP contribution in [0.1, 0.15) is 24.0 Å². The molecule has 4 aliphatic heterocycles. The summed E-state index contributed by atoms with van der Waals surface area (Å²) in [5, 5.41) is 0. The highest BCUT2D eigenvalue weighted by molar-refractivity contribution is 6.16. The Hall–Kier alpha value is -3.25. The molecule has 4 aliphatic rings. The number of para-hydroxylation sites is 1. The average Bonchev–Trinajstić information content (AvgIpc) is 3.51. The molecule has 32 heavy (non-hydrogen) atoms. The van der Waals surface area contributed by atoms with Crippen LogP contribution in [0.3, 0.4) is 0 Å². The van der Waals surface area contributed by atoms with Crippen molar-refractivity contribution in [3.8, 4) is 0 Å². The third kappa shape index (κ3) is 2.25. The highest BCUT2D eigenvalue weighted by Gasteiger charge is 2.75. The Morgan fingerprint density at radius 3 is 2.50 bits per heavy atom. The second-order valence-electron chi connectivity index (χ2n) is 9.14. The minimum atomic E-state index is -1.11. The van der Waals surface area contributed by atoms with E-state index in [9.17, 15) is 14.4 Å². The lowest BCUT2D eigenvalue weighted by Gasteiger charge is -2.37. The van der Waals surface area contributed by atoms with E-state index < -0.39 is 17.4 Å². The number of hydrogen-bond acceptors (Lipinski definition) is 4. The molecule has 6 heteroatoms. The van der Waals surface area contributed by atoms with E-state index in [0.717, 1.165) is 36.2 Å². The van der Waals surface area contributed by atoms with Crippen LogP contribution in [-0.2, 0) is 26.5 Å². The van der Waals surface area contributed by atoms with Gasteiger partial charge in [0.1, 0.15) is 5.54 Å². The van der Waals surface area contributed by atoms with Gasteiger partial charge in [0.05, 0.1) is 18.4 Å². The number of nitrogens with zero attached hydrogens (tertiary/aromatic N) is 3. The van der Waals surface area contributed by atoms with Gasteiger partial charge in [0.25, 0.3) is 5.91 Å². The lowest BCUT2D eigenvalue weighted by Crippen LogP contribution is -2.55. The zero-order valence-electron chi connectivity index (χ0n) is 17.8. The molecule has 4 heterocycles. The number of amides is 3. The summed E-state index contributed by atoms with van der Waals surface area (Å²) in [6.45, 7) is 5.18. The molecule has 6 nitrogen and oxygen atoms in total. The maximum Gasteiger partial charge on any atom is 0.253 e. The van der Waals surface area contributed by atoms with E-state index in [1.807, 2.05) is 54.6 Å². The maximum atomic E-state index is 14.1. The number of hydrogen-bond donors (Lipinski definition) is 0. The minimum Gasteiger partial charge on any atom is -0.306 e. The van der Waals surface area contributed by atoms with Crippen molar-refractivity contribution in [2.45, 2.75) is 31.0 Å². The van der Waals surface area contributed by atoms with Crippen LogP contribution >= 0.6 is 0 Å². The van der Waals surface area contributed by atoms with E-state index in [1.54, 1.807) is 11.0 Å². The Morgan fingerprint density at radius 2 is 1.72 bits per heavy atom. The van der Waals surface area contributed by atoms with E-state index in [4.69, 9.17) is 0 Å². The summed E-state index contributed by atoms with van der Waals surface area (Å²) in [4.78, 5) is 47.0. The molecule has 0 N–H and O–H groups in total. The van der Waals surface area contributed by atoms with Crippen molar-refractivity contribution >= 4 is 23.4 Å². The fourth-order valence-electron chi connectivity index (χ4n) is 6.63. The smallest absolute Gasteiger partial charge is 0.253 e. The van der Waals surface area contributed by atoms with Crippen molar-refractivity contribution in [3.05, 3.63) is 78.4 Å². The van der Waals surface area contributed by atoms with E-state index in [0.29, 0.717) is 6.54 Å². The molecule has 0 radical (unpaired) electrons. The summed E-state index contributed by atoms with van der Waals surface area (Å²) in [5.41, 5.74) is 1.49. The molecule has 162 valence electrons. The number of fused-ring (bicyclic) bond motifs is 7. The molecule has 2 aromatic rings. The monoisotopic (exact) mass is 427 g/mol. The van der Waals surface area contributed by atoms with Crippen molar-refractivity contribution in [1.29, 1.82) is 0 Å². The molecule has 3 amide bonds. The van der Waals surface area contributed by atoms with Gasteiger partial charge in [0.2, 0.25) is 11.8 Å². The molecule has 1 spiro atoms. The van der Waals surface area contributed by atoms with E-state index in [-0.39, 0.29) is 30.3 Å². The Kier molecular flexibility index (Phi) is 4.17. The first-order chi connectivity index (χ1) is 15.6. The van der Waals surface area contributed by atoms with Gasteiger partial charge in [-0.3, -0.25) is 24.2 Å². The first-order valence-electron chi connectivity index (χ1n) is 11.3. The summed E-state index contributed by atoms with van der Waals surface area (Å²) in [6.07, 6.45) is 3.47. The molecular weight excluding hydrogens is 402 g/mol. The van der Waals surface area contributed by atoms with Gasteiger partial charge in [0.15, 0.2) is 0 Å². The fourth-order valence-corrected chi connectivity index (χ4v) is 6.63. The van der Waals surface area contributed by atoms with Crippen LogP contribution in [0.15, 0.2) is 67.3 Å². The highest BCUT2D eigenvalue weighted by atomic mass is 16.2. The molecule has 0 saturated carbocycles. The molecule has 6 rings (SSSR count). The predicted octanol–water partition coefficient (Wildman–Crippen LogP) is 2.69. The molecule has 0 bridgehead atoms. The molecule has 0 unspecified atom stereocenters. The Morgan fingerprint density at radius 1 is 0.969 bits per heavy atom. The van der Waals surface area contributed by atoms with Gasteiger partial charge in [-0.05, 0) is 31.0 Å². The topological polar surface area (TPSA) is 60.9 Å². The molecule has 3 saturated heterocycles. The summed E-state index contributed by atoms with van der Waals surface area (Å²) in [6, 6.07) is 17.2. The summed E-state index contributed by atoms with van der Waals surface area (Å²) in [7, 11) is 0. The normalized spacial score (nSPS) is 30.9. The van der Waals surface area contributed by atoms with E-state index >= 15 is 0 Å². The average molecular weight is 428 g/mol. The third-order valence-electron chi connectivity index (χ3n) is 7.73. The van der Waals surface area contributed by atoms with Gasteiger partial charge in [-0.2, -0.15) is 0 Å². The van der Waals surface area contributed by atoms with Crippen LogP contribution < -0.4 is 4.90 Å². The number of benzene rings is 2. The maximum absolute atomic E-state index is 14.1. The summed E-state index contributed by atoms with van der Waals surface area (Å²) in [5.74, 6) is -1.62. The fraction of sp³-hybridized carbons (Fsp3) is 0.346. The van der Waals surface area contributed by atoms with Crippen molar-refractivity contribution in [1.82, 2.24) is 9.80 Å². The Balaban J connectivity index is 1.51. The van der Waals surface area contributed by atoms with Gasteiger partial charge in [-0.25, -0.2) is 0 Å². The van der Waals surface area contributed by atoms with Crippen molar-refractivity contribution < 1.29 is 14.4 Å². The van der Waals surface area contributed by atoms with E-state index in [1.165, 1.54) is 4.90 Å². The molecule has 0 aromatic heterocycles. The van der Waals surface area contributed by atoms with Gasteiger partial charge in [0, 0.05) is 23.8 Å². The van der Waals surface area contributed by atoms with Crippen LogP contribution in [0.5, 0.6) is 0 Å². The van der Waals surface area contributed by atoms with Crippen LogP contribution in [0.25, 0.3) is 0 Å². The zero-order valence-corrected chi connectivity index (χ0v) is 17.8. The Labute approximate surface area is 187 Å². The second-order valence-corrected chi connectivity index (χ2v) is 9.14. The van der Waals surface area contributed by atoms with Gasteiger partial charge < -0.3 is 4.90 Å². The van der Waals surface area contributed by atoms with Crippen LogP contribution in [0.2, 0.25) is 0 Å². The molecule has 0 aliphatic carbocycles. The SMILES string of the molecule is C=CCN1C(=O)[C@]2(c3ccccc31)[C@@H]1C(=O)N(Cc3ccccc3)C(=O)[C@H]1[C@H]1CCCN12. The summed E-state index contributed by atoms with van der Waals surface area (Å²) >= 11 is 0. The quantitative estimate of drug-likeness (QED) is 0.556. The minimum absolute atomic E-state index is 0.0853. The van der Waals surface area contributed by atoms with Gasteiger partial charge in [-0.1, -0.05) is 54.6 Å². The molecule has 2 aromatic carbocycles. The first kappa shape index (κ1) is 19.4. The first-order valence-corrected chi connectivity index (χ1v) is 11.3. The zero-order chi connectivity index (χ0) is 22.0. The second kappa shape index (κ2) is 6.87. The number of anilines is 1.